The molecule has 1 unspecified atom stereocenters. The molecule has 0 radical (unpaired) electrons. The summed E-state index contributed by atoms with van der Waals surface area (Å²) in [6.45, 7) is 6.84. The van der Waals surface area contributed by atoms with E-state index in [9.17, 15) is 9.59 Å². The Morgan fingerprint density at radius 3 is 2.65 bits per heavy atom. The Labute approximate surface area is 157 Å². The maximum Gasteiger partial charge on any atom is 0.262 e. The summed E-state index contributed by atoms with van der Waals surface area (Å²) >= 11 is 1.36. The molecule has 0 saturated heterocycles. The van der Waals surface area contributed by atoms with Gasteiger partial charge in [-0.3, -0.25) is 9.59 Å². The minimum atomic E-state index is -0.597. The second-order valence-electron chi connectivity index (χ2n) is 6.54. The number of hydrogen-bond acceptors (Lipinski definition) is 3. The van der Waals surface area contributed by atoms with E-state index in [4.69, 9.17) is 0 Å². The number of nitrogens with zero attached hydrogens (tertiary/aromatic N) is 1. The zero-order valence-corrected chi connectivity index (χ0v) is 16.0. The standard InChI is InChI=1S/C20H23N3O2S/c1-4-23-10-9-14-12-15(7-8-16(14)23)21-20(25)18(13(2)3)22-19(24)17-6-5-11-26-17/h5-13,18H,4H2,1-3H3,(H,21,25)(H,22,24). The van der Waals surface area contributed by atoms with Crippen molar-refractivity contribution in [1.82, 2.24) is 9.88 Å². The fourth-order valence-corrected chi connectivity index (χ4v) is 3.56. The molecule has 0 spiro atoms. The van der Waals surface area contributed by atoms with Crippen LogP contribution in [0.5, 0.6) is 0 Å². The average Bonchev–Trinajstić information content (AvgIpc) is 3.28. The lowest BCUT2D eigenvalue weighted by molar-refractivity contribution is -0.118. The molecule has 6 heteroatoms. The van der Waals surface area contributed by atoms with Crippen molar-refractivity contribution in [2.24, 2.45) is 5.92 Å². The minimum Gasteiger partial charge on any atom is -0.348 e. The van der Waals surface area contributed by atoms with Crippen molar-refractivity contribution in [2.45, 2.75) is 33.4 Å². The number of rotatable bonds is 6. The molecule has 1 aromatic carbocycles. The number of carbonyl (C=O) groups is 2. The van der Waals surface area contributed by atoms with Crippen molar-refractivity contribution >= 4 is 39.7 Å². The van der Waals surface area contributed by atoms with Crippen molar-refractivity contribution in [3.63, 3.8) is 0 Å². The Balaban J connectivity index is 1.74. The lowest BCUT2D eigenvalue weighted by atomic mass is 10.0. The van der Waals surface area contributed by atoms with E-state index in [0.29, 0.717) is 4.88 Å². The van der Waals surface area contributed by atoms with E-state index in [2.05, 4.69) is 22.1 Å². The number of carbonyl (C=O) groups excluding carboxylic acids is 2. The van der Waals surface area contributed by atoms with Crippen molar-refractivity contribution in [2.75, 3.05) is 5.32 Å². The number of fused-ring (bicyclic) bond motifs is 1. The lowest BCUT2D eigenvalue weighted by Gasteiger charge is -2.21. The van der Waals surface area contributed by atoms with Crippen LogP contribution in [0.4, 0.5) is 5.69 Å². The number of nitrogens with one attached hydrogen (secondary N) is 2. The summed E-state index contributed by atoms with van der Waals surface area (Å²) in [4.78, 5) is 25.6. The molecule has 3 aromatic rings. The van der Waals surface area contributed by atoms with Crippen LogP contribution >= 0.6 is 11.3 Å². The van der Waals surface area contributed by atoms with Crippen LogP contribution in [0.1, 0.15) is 30.4 Å². The van der Waals surface area contributed by atoms with E-state index in [1.807, 2.05) is 55.8 Å². The summed E-state index contributed by atoms with van der Waals surface area (Å²) in [6, 6.07) is 10.9. The van der Waals surface area contributed by atoms with E-state index in [-0.39, 0.29) is 17.7 Å². The van der Waals surface area contributed by atoms with E-state index >= 15 is 0 Å². The molecule has 3 rings (SSSR count). The van der Waals surface area contributed by atoms with Gasteiger partial charge in [-0.05, 0) is 48.6 Å². The van der Waals surface area contributed by atoms with Gasteiger partial charge in [-0.15, -0.1) is 11.3 Å². The Kier molecular flexibility index (Phi) is 5.42. The van der Waals surface area contributed by atoms with Crippen LogP contribution in [0.15, 0.2) is 48.0 Å². The summed E-state index contributed by atoms with van der Waals surface area (Å²) in [5.74, 6) is -0.452. The zero-order chi connectivity index (χ0) is 18.7. The fourth-order valence-electron chi connectivity index (χ4n) is 2.93. The third kappa shape index (κ3) is 3.80. The molecule has 0 aliphatic heterocycles. The first-order valence-corrected chi connectivity index (χ1v) is 9.61. The van der Waals surface area contributed by atoms with Gasteiger partial charge in [0.1, 0.15) is 6.04 Å². The van der Waals surface area contributed by atoms with Gasteiger partial charge in [0.2, 0.25) is 5.91 Å². The van der Waals surface area contributed by atoms with Crippen molar-refractivity contribution in [3.05, 3.63) is 52.9 Å². The van der Waals surface area contributed by atoms with E-state index < -0.39 is 6.04 Å². The highest BCUT2D eigenvalue weighted by Gasteiger charge is 2.25. The summed E-state index contributed by atoms with van der Waals surface area (Å²) in [5.41, 5.74) is 1.87. The minimum absolute atomic E-state index is 0.0242. The molecule has 2 N–H and O–H groups in total. The summed E-state index contributed by atoms with van der Waals surface area (Å²) in [6.07, 6.45) is 2.04. The maximum atomic E-state index is 12.7. The monoisotopic (exact) mass is 369 g/mol. The Morgan fingerprint density at radius 2 is 2.00 bits per heavy atom. The van der Waals surface area contributed by atoms with Crippen LogP contribution < -0.4 is 10.6 Å². The number of benzene rings is 1. The lowest BCUT2D eigenvalue weighted by Crippen LogP contribution is -2.46. The molecule has 0 aliphatic rings. The molecule has 2 heterocycles. The van der Waals surface area contributed by atoms with Crippen LogP contribution in [0.2, 0.25) is 0 Å². The first kappa shape index (κ1) is 18.2. The van der Waals surface area contributed by atoms with Crippen LogP contribution in [-0.2, 0) is 11.3 Å². The normalized spacial score (nSPS) is 12.3. The van der Waals surface area contributed by atoms with Gasteiger partial charge in [0.25, 0.3) is 5.91 Å². The van der Waals surface area contributed by atoms with Crippen molar-refractivity contribution in [3.8, 4) is 0 Å². The third-order valence-electron chi connectivity index (χ3n) is 4.36. The molecule has 0 fully saturated rings. The number of thiophene rings is 1. The Bertz CT molecular complexity index is 912. The highest BCUT2D eigenvalue weighted by Crippen LogP contribution is 2.21. The molecule has 1 atom stereocenters. The fraction of sp³-hybridized carbons (Fsp3) is 0.300. The number of aromatic nitrogens is 1. The van der Waals surface area contributed by atoms with Gasteiger partial charge in [0.05, 0.1) is 4.88 Å². The Morgan fingerprint density at radius 1 is 1.19 bits per heavy atom. The quantitative estimate of drug-likeness (QED) is 0.687. The predicted molar refractivity (Wildman–Crippen MR) is 107 cm³/mol. The van der Waals surface area contributed by atoms with Gasteiger partial charge in [-0.2, -0.15) is 0 Å². The zero-order valence-electron chi connectivity index (χ0n) is 15.2. The van der Waals surface area contributed by atoms with Gasteiger partial charge in [-0.1, -0.05) is 19.9 Å². The molecule has 0 bridgehead atoms. The van der Waals surface area contributed by atoms with Crippen molar-refractivity contribution < 1.29 is 9.59 Å². The molecular weight excluding hydrogens is 346 g/mol. The first-order valence-electron chi connectivity index (χ1n) is 8.73. The molecular formula is C20H23N3O2S. The Hall–Kier alpha value is -2.60. The maximum absolute atomic E-state index is 12.7. The van der Waals surface area contributed by atoms with Gasteiger partial charge >= 0.3 is 0 Å². The first-order chi connectivity index (χ1) is 12.5. The van der Waals surface area contributed by atoms with E-state index in [1.165, 1.54) is 11.3 Å². The predicted octanol–water partition coefficient (Wildman–Crippen LogP) is 4.12. The summed E-state index contributed by atoms with van der Waals surface area (Å²) < 4.78 is 2.15. The van der Waals surface area contributed by atoms with Crippen LogP contribution in [0.25, 0.3) is 10.9 Å². The number of hydrogen-bond donors (Lipinski definition) is 2. The van der Waals surface area contributed by atoms with Crippen molar-refractivity contribution in [1.29, 1.82) is 0 Å². The van der Waals surface area contributed by atoms with Crippen LogP contribution in [0, 0.1) is 5.92 Å². The molecule has 0 saturated carbocycles. The molecule has 26 heavy (non-hydrogen) atoms. The largest absolute Gasteiger partial charge is 0.348 e. The SMILES string of the molecule is CCn1ccc2cc(NC(=O)C(NC(=O)c3cccs3)C(C)C)ccc21. The van der Waals surface area contributed by atoms with Gasteiger partial charge in [-0.25, -0.2) is 0 Å². The smallest absolute Gasteiger partial charge is 0.262 e. The van der Waals surface area contributed by atoms with E-state index in [0.717, 1.165) is 23.1 Å². The summed E-state index contributed by atoms with van der Waals surface area (Å²) in [5, 5.41) is 8.70. The van der Waals surface area contributed by atoms with E-state index in [1.54, 1.807) is 6.07 Å². The number of amides is 2. The van der Waals surface area contributed by atoms with Crippen LogP contribution in [-0.4, -0.2) is 22.4 Å². The molecule has 5 nitrogen and oxygen atoms in total. The molecule has 0 aliphatic carbocycles. The molecule has 136 valence electrons. The highest BCUT2D eigenvalue weighted by atomic mass is 32.1. The second-order valence-corrected chi connectivity index (χ2v) is 7.48. The average molecular weight is 369 g/mol. The summed E-state index contributed by atoms with van der Waals surface area (Å²) in [7, 11) is 0. The number of anilines is 1. The molecule has 2 amide bonds. The highest BCUT2D eigenvalue weighted by molar-refractivity contribution is 7.12. The third-order valence-corrected chi connectivity index (χ3v) is 5.23. The topological polar surface area (TPSA) is 63.1 Å². The number of aryl methyl sites for hydroxylation is 1. The van der Waals surface area contributed by atoms with Gasteiger partial charge in [0, 0.05) is 29.3 Å². The second kappa shape index (κ2) is 7.74. The van der Waals surface area contributed by atoms with Crippen LogP contribution in [0.3, 0.4) is 0 Å². The van der Waals surface area contributed by atoms with Gasteiger partial charge in [0.15, 0.2) is 0 Å². The van der Waals surface area contributed by atoms with Gasteiger partial charge < -0.3 is 15.2 Å². The molecule has 2 aromatic heterocycles.